The highest BCUT2D eigenvalue weighted by Gasteiger charge is 2.16. The van der Waals surface area contributed by atoms with E-state index in [4.69, 9.17) is 15.0 Å². The molecule has 2 aromatic heterocycles. The molecule has 0 bridgehead atoms. The second-order valence-corrected chi connectivity index (χ2v) is 11.5. The van der Waals surface area contributed by atoms with Gasteiger partial charge in [-0.15, -0.1) is 0 Å². The Morgan fingerprint density at radius 1 is 0.348 bits per heavy atom. The van der Waals surface area contributed by atoms with Gasteiger partial charge in [0.25, 0.3) is 0 Å². The number of nitrogens with zero attached hydrogens (tertiary/aromatic N) is 4. The van der Waals surface area contributed by atoms with Gasteiger partial charge in [0.2, 0.25) is 0 Å². The van der Waals surface area contributed by atoms with E-state index < -0.39 is 0 Å². The molecule has 0 radical (unpaired) electrons. The van der Waals surface area contributed by atoms with Gasteiger partial charge < -0.3 is 0 Å². The third kappa shape index (κ3) is 4.47. The Balaban J connectivity index is 1.24. The molecule has 7 aromatic carbocycles. The van der Waals surface area contributed by atoms with Crippen LogP contribution in [0.2, 0.25) is 0 Å². The number of hydrogen-bond acceptors (Lipinski definition) is 4. The van der Waals surface area contributed by atoms with Crippen molar-refractivity contribution in [3.8, 4) is 45.3 Å². The molecular formula is C42H26N4. The monoisotopic (exact) mass is 586 g/mol. The largest absolute Gasteiger partial charge is 0.256 e. The van der Waals surface area contributed by atoms with Crippen molar-refractivity contribution in [2.45, 2.75) is 0 Å². The van der Waals surface area contributed by atoms with Crippen molar-refractivity contribution >= 4 is 43.2 Å². The summed E-state index contributed by atoms with van der Waals surface area (Å²) in [5.74, 6) is 1.93. The van der Waals surface area contributed by atoms with Crippen LogP contribution in [0.1, 0.15) is 0 Å². The number of fused-ring (bicyclic) bond motifs is 6. The summed E-state index contributed by atoms with van der Waals surface area (Å²) in [6.07, 6.45) is 1.84. The fourth-order valence-electron chi connectivity index (χ4n) is 6.48. The summed E-state index contributed by atoms with van der Waals surface area (Å²) in [6.45, 7) is 0. The lowest BCUT2D eigenvalue weighted by Gasteiger charge is -2.13. The van der Waals surface area contributed by atoms with Gasteiger partial charge in [-0.3, -0.25) is 4.98 Å². The summed E-state index contributed by atoms with van der Waals surface area (Å²) < 4.78 is 0. The van der Waals surface area contributed by atoms with Crippen molar-refractivity contribution in [2.24, 2.45) is 0 Å². The minimum absolute atomic E-state index is 0.644. The molecule has 0 aliphatic heterocycles. The van der Waals surface area contributed by atoms with Crippen LogP contribution in [-0.2, 0) is 0 Å². The fourth-order valence-corrected chi connectivity index (χ4v) is 6.48. The predicted molar refractivity (Wildman–Crippen MR) is 189 cm³/mol. The van der Waals surface area contributed by atoms with Crippen LogP contribution in [0, 0.1) is 0 Å². The quantitative estimate of drug-likeness (QED) is 0.193. The van der Waals surface area contributed by atoms with Crippen LogP contribution in [0.15, 0.2) is 158 Å². The van der Waals surface area contributed by atoms with Crippen molar-refractivity contribution in [3.63, 3.8) is 0 Å². The molecule has 0 fully saturated rings. The van der Waals surface area contributed by atoms with E-state index in [1.165, 1.54) is 27.3 Å². The summed E-state index contributed by atoms with van der Waals surface area (Å²) in [7, 11) is 0. The Kier molecular flexibility index (Phi) is 6.10. The lowest BCUT2D eigenvalue weighted by atomic mass is 9.95. The van der Waals surface area contributed by atoms with Crippen molar-refractivity contribution in [3.05, 3.63) is 158 Å². The number of aromatic nitrogens is 4. The van der Waals surface area contributed by atoms with Gasteiger partial charge in [0.15, 0.2) is 17.5 Å². The van der Waals surface area contributed by atoms with Gasteiger partial charge in [-0.1, -0.05) is 127 Å². The minimum Gasteiger partial charge on any atom is -0.256 e. The maximum atomic E-state index is 5.13. The summed E-state index contributed by atoms with van der Waals surface area (Å²) in [4.78, 5) is 19.8. The normalized spacial score (nSPS) is 11.5. The van der Waals surface area contributed by atoms with Crippen LogP contribution in [0.5, 0.6) is 0 Å². The summed E-state index contributed by atoms with van der Waals surface area (Å²) in [6, 6.07) is 52.8. The van der Waals surface area contributed by atoms with Gasteiger partial charge in [-0.2, -0.15) is 0 Å². The molecule has 4 heteroatoms. The van der Waals surface area contributed by atoms with Crippen molar-refractivity contribution < 1.29 is 0 Å². The van der Waals surface area contributed by atoms with Crippen LogP contribution >= 0.6 is 0 Å². The first-order valence-corrected chi connectivity index (χ1v) is 15.4. The topological polar surface area (TPSA) is 51.6 Å². The van der Waals surface area contributed by atoms with Crippen LogP contribution < -0.4 is 0 Å². The van der Waals surface area contributed by atoms with Gasteiger partial charge in [0.1, 0.15) is 0 Å². The zero-order valence-corrected chi connectivity index (χ0v) is 24.8. The maximum absolute atomic E-state index is 5.13. The lowest BCUT2D eigenvalue weighted by Crippen LogP contribution is -2.00. The number of benzene rings is 7. The second-order valence-electron chi connectivity index (χ2n) is 11.5. The van der Waals surface area contributed by atoms with E-state index >= 15 is 0 Å². The Bertz CT molecular complexity index is 2580. The molecule has 0 saturated heterocycles. The third-order valence-corrected chi connectivity index (χ3v) is 8.74. The molecule has 2 heterocycles. The lowest BCUT2D eigenvalue weighted by molar-refractivity contribution is 1.08. The molecule has 0 unspecified atom stereocenters. The molecule has 0 spiro atoms. The number of hydrogen-bond donors (Lipinski definition) is 0. The zero-order chi connectivity index (χ0) is 30.5. The second kappa shape index (κ2) is 10.7. The van der Waals surface area contributed by atoms with E-state index in [1.807, 2.05) is 48.7 Å². The highest BCUT2D eigenvalue weighted by atomic mass is 15.0. The molecule has 0 N–H and O–H groups in total. The van der Waals surface area contributed by atoms with Crippen LogP contribution in [0.25, 0.3) is 88.5 Å². The van der Waals surface area contributed by atoms with Crippen molar-refractivity contribution in [2.75, 3.05) is 0 Å². The van der Waals surface area contributed by atoms with E-state index in [2.05, 4.69) is 114 Å². The Morgan fingerprint density at radius 3 is 1.78 bits per heavy atom. The molecule has 0 amide bonds. The standard InChI is InChI=1S/C42H26N4/c1-3-9-27(10-4-1)30-16-17-32-26-33(19-18-31(32)25-30)41-44-40(29-11-5-2-6-12-29)45-42(46-41)36-14-7-13-35-34(36)22-20-28-21-23-38-37(39(28)35)15-8-24-43-38/h1-26H. The average molecular weight is 587 g/mol. The third-order valence-electron chi connectivity index (χ3n) is 8.74. The van der Waals surface area contributed by atoms with Crippen molar-refractivity contribution in [1.29, 1.82) is 0 Å². The molecule has 4 nitrogen and oxygen atoms in total. The Labute approximate surface area is 265 Å². The smallest absolute Gasteiger partial charge is 0.164 e. The van der Waals surface area contributed by atoms with Gasteiger partial charge in [0, 0.05) is 28.3 Å². The van der Waals surface area contributed by atoms with E-state index in [0.717, 1.165) is 43.8 Å². The summed E-state index contributed by atoms with van der Waals surface area (Å²) >= 11 is 0. The molecule has 0 aliphatic rings. The zero-order valence-electron chi connectivity index (χ0n) is 24.8. The molecule has 46 heavy (non-hydrogen) atoms. The highest BCUT2D eigenvalue weighted by molar-refractivity contribution is 6.21. The molecule has 0 saturated carbocycles. The van der Waals surface area contributed by atoms with E-state index in [0.29, 0.717) is 17.5 Å². The van der Waals surface area contributed by atoms with Gasteiger partial charge in [-0.05, 0) is 67.7 Å². The fraction of sp³-hybridized carbons (Fsp3) is 0. The Morgan fingerprint density at radius 2 is 0.978 bits per heavy atom. The average Bonchev–Trinajstić information content (AvgIpc) is 3.14. The number of pyridine rings is 1. The van der Waals surface area contributed by atoms with Crippen LogP contribution in [0.4, 0.5) is 0 Å². The van der Waals surface area contributed by atoms with Crippen molar-refractivity contribution in [1.82, 2.24) is 19.9 Å². The summed E-state index contributed by atoms with van der Waals surface area (Å²) in [5, 5.41) is 8.05. The number of rotatable bonds is 4. The highest BCUT2D eigenvalue weighted by Crippen LogP contribution is 2.36. The van der Waals surface area contributed by atoms with Crippen LogP contribution in [0.3, 0.4) is 0 Å². The van der Waals surface area contributed by atoms with E-state index in [9.17, 15) is 0 Å². The first kappa shape index (κ1) is 26.2. The molecule has 9 rings (SSSR count). The van der Waals surface area contributed by atoms with E-state index in [1.54, 1.807) is 0 Å². The summed E-state index contributed by atoms with van der Waals surface area (Å²) in [5.41, 5.74) is 6.24. The Hall–Kier alpha value is -6.26. The SMILES string of the molecule is c1ccc(-c2ccc3cc(-c4nc(-c5ccccc5)nc(-c5cccc6c5ccc5ccc7ncccc7c56)n4)ccc3c2)cc1. The maximum Gasteiger partial charge on any atom is 0.164 e. The van der Waals surface area contributed by atoms with Gasteiger partial charge >= 0.3 is 0 Å². The van der Waals surface area contributed by atoms with Gasteiger partial charge in [-0.25, -0.2) is 15.0 Å². The van der Waals surface area contributed by atoms with E-state index in [-0.39, 0.29) is 0 Å². The predicted octanol–water partition coefficient (Wildman–Crippen LogP) is 10.5. The molecular weight excluding hydrogens is 560 g/mol. The molecule has 0 atom stereocenters. The van der Waals surface area contributed by atoms with Gasteiger partial charge in [0.05, 0.1) is 5.52 Å². The first-order valence-electron chi connectivity index (χ1n) is 15.4. The minimum atomic E-state index is 0.644. The molecule has 9 aromatic rings. The first-order chi connectivity index (χ1) is 22.8. The molecule has 0 aliphatic carbocycles. The van der Waals surface area contributed by atoms with Crippen LogP contribution in [-0.4, -0.2) is 19.9 Å². The molecule has 214 valence electrons.